The van der Waals surface area contributed by atoms with E-state index in [9.17, 15) is 9.50 Å². The van der Waals surface area contributed by atoms with Crippen LogP contribution >= 0.6 is 0 Å². The zero-order chi connectivity index (χ0) is 19.3. The van der Waals surface area contributed by atoms with Crippen molar-refractivity contribution in [3.05, 3.63) is 42.0 Å². The Morgan fingerprint density at radius 3 is 2.46 bits per heavy atom. The molecule has 2 aliphatic heterocycles. The molecule has 2 fully saturated rings. The monoisotopic (exact) mass is 388 g/mol. The van der Waals surface area contributed by atoms with Crippen molar-refractivity contribution in [3.63, 3.8) is 0 Å². The Kier molecular flexibility index (Phi) is 5.87. The Morgan fingerprint density at radius 1 is 1.07 bits per heavy atom. The number of ether oxygens (including phenoxy) is 2. The highest BCUT2D eigenvalue weighted by Crippen LogP contribution is 2.26. The van der Waals surface area contributed by atoms with E-state index in [-0.39, 0.29) is 24.0 Å². The van der Waals surface area contributed by atoms with Gasteiger partial charge in [0.05, 0.1) is 37.9 Å². The number of piperidine rings is 1. The number of aliphatic hydroxyl groups is 1. The molecule has 0 spiro atoms. The summed E-state index contributed by atoms with van der Waals surface area (Å²) >= 11 is 0. The van der Waals surface area contributed by atoms with Crippen molar-refractivity contribution >= 4 is 11.6 Å². The number of aliphatic hydroxyl groups excluding tert-OH is 1. The molecule has 1 aromatic carbocycles. The van der Waals surface area contributed by atoms with Crippen LogP contribution in [0.1, 0.15) is 18.4 Å². The Morgan fingerprint density at radius 2 is 1.79 bits per heavy atom. The van der Waals surface area contributed by atoms with E-state index in [1.54, 1.807) is 18.2 Å². The molecule has 0 bridgehead atoms. The molecule has 8 heteroatoms. The number of anilines is 2. The minimum absolute atomic E-state index is 0.0479. The smallest absolute Gasteiger partial charge is 0.225 e. The molecule has 1 aromatic heterocycles. The van der Waals surface area contributed by atoms with Gasteiger partial charge >= 0.3 is 0 Å². The van der Waals surface area contributed by atoms with E-state index in [0.29, 0.717) is 13.2 Å². The average molecular weight is 388 g/mol. The van der Waals surface area contributed by atoms with Crippen LogP contribution < -0.4 is 14.5 Å². The first kappa shape index (κ1) is 18.9. The first-order valence-electron chi connectivity index (χ1n) is 9.69. The van der Waals surface area contributed by atoms with Crippen LogP contribution in [0.15, 0.2) is 30.6 Å². The number of hydrogen-bond donors (Lipinski definition) is 1. The van der Waals surface area contributed by atoms with Gasteiger partial charge in [0, 0.05) is 44.6 Å². The predicted octanol–water partition coefficient (Wildman–Crippen LogP) is 1.99. The number of hydrogen-bond acceptors (Lipinski definition) is 7. The molecule has 2 aromatic rings. The highest BCUT2D eigenvalue weighted by atomic mass is 19.1. The molecule has 1 N–H and O–H groups in total. The van der Waals surface area contributed by atoms with Gasteiger partial charge in [0.15, 0.2) is 11.6 Å². The number of rotatable bonds is 5. The van der Waals surface area contributed by atoms with Crippen LogP contribution in [0.25, 0.3) is 0 Å². The van der Waals surface area contributed by atoms with Crippen LogP contribution in [0.2, 0.25) is 0 Å². The van der Waals surface area contributed by atoms with E-state index in [1.165, 1.54) is 0 Å². The lowest BCUT2D eigenvalue weighted by Gasteiger charge is -2.33. The molecule has 0 aliphatic carbocycles. The normalized spacial score (nSPS) is 18.4. The lowest BCUT2D eigenvalue weighted by Crippen LogP contribution is -2.39. The van der Waals surface area contributed by atoms with Crippen molar-refractivity contribution in [2.75, 3.05) is 49.2 Å². The molecule has 2 aliphatic rings. The van der Waals surface area contributed by atoms with E-state index in [0.717, 1.165) is 50.7 Å². The largest absolute Gasteiger partial charge is 0.487 e. The summed E-state index contributed by atoms with van der Waals surface area (Å²) < 4.78 is 25.4. The standard InChI is InChI=1S/C20H25FN4O3/c21-19-15(14-26)2-1-3-18(19)28-17-4-6-24(7-5-17)16-12-22-20(23-13-16)25-8-10-27-11-9-25/h1-3,12-13,17,26H,4-11,14H2. The van der Waals surface area contributed by atoms with Gasteiger partial charge < -0.3 is 24.4 Å². The van der Waals surface area contributed by atoms with Crippen LogP contribution in [0.3, 0.4) is 0 Å². The highest BCUT2D eigenvalue weighted by Gasteiger charge is 2.23. The SMILES string of the molecule is OCc1cccc(OC2CCN(c3cnc(N4CCOCC4)nc3)CC2)c1F. The molecule has 2 saturated heterocycles. The second-order valence-electron chi connectivity index (χ2n) is 7.03. The average Bonchev–Trinajstić information content (AvgIpc) is 2.76. The van der Waals surface area contributed by atoms with Gasteiger partial charge in [0.1, 0.15) is 6.10 Å². The minimum atomic E-state index is -0.473. The fourth-order valence-corrected chi connectivity index (χ4v) is 3.59. The number of nitrogens with zero attached hydrogens (tertiary/aromatic N) is 4. The van der Waals surface area contributed by atoms with Crippen molar-refractivity contribution < 1.29 is 19.0 Å². The van der Waals surface area contributed by atoms with Crippen molar-refractivity contribution in [1.29, 1.82) is 0 Å². The van der Waals surface area contributed by atoms with E-state index < -0.39 is 5.82 Å². The number of halogens is 1. The third-order valence-corrected chi connectivity index (χ3v) is 5.23. The van der Waals surface area contributed by atoms with Gasteiger partial charge in [-0.15, -0.1) is 0 Å². The Labute approximate surface area is 163 Å². The van der Waals surface area contributed by atoms with Gasteiger partial charge in [-0.3, -0.25) is 0 Å². The van der Waals surface area contributed by atoms with Crippen LogP contribution in [-0.4, -0.2) is 60.6 Å². The summed E-state index contributed by atoms with van der Waals surface area (Å²) in [5, 5.41) is 9.19. The molecule has 150 valence electrons. The van der Waals surface area contributed by atoms with Crippen molar-refractivity contribution in [2.24, 2.45) is 0 Å². The molecular weight excluding hydrogens is 363 g/mol. The Bertz CT molecular complexity index is 776. The molecular formula is C20H25FN4O3. The quantitative estimate of drug-likeness (QED) is 0.840. The van der Waals surface area contributed by atoms with Crippen LogP contribution in [0.5, 0.6) is 5.75 Å². The van der Waals surface area contributed by atoms with Gasteiger partial charge in [-0.25, -0.2) is 14.4 Å². The predicted molar refractivity (Wildman–Crippen MR) is 103 cm³/mol. The molecule has 28 heavy (non-hydrogen) atoms. The molecule has 0 unspecified atom stereocenters. The molecule has 3 heterocycles. The molecule has 0 atom stereocenters. The maximum atomic E-state index is 14.2. The summed E-state index contributed by atoms with van der Waals surface area (Å²) in [4.78, 5) is 13.4. The third kappa shape index (κ3) is 4.18. The fraction of sp³-hybridized carbons (Fsp3) is 0.500. The van der Waals surface area contributed by atoms with Gasteiger partial charge in [-0.05, 0) is 6.07 Å². The van der Waals surface area contributed by atoms with Crippen LogP contribution in [0.4, 0.5) is 16.0 Å². The topological polar surface area (TPSA) is 71.0 Å². The lowest BCUT2D eigenvalue weighted by molar-refractivity contribution is 0.122. The summed E-state index contributed by atoms with van der Waals surface area (Å²) in [5.41, 5.74) is 1.25. The van der Waals surface area contributed by atoms with Gasteiger partial charge in [-0.1, -0.05) is 12.1 Å². The Balaban J connectivity index is 1.33. The van der Waals surface area contributed by atoms with E-state index in [2.05, 4.69) is 19.8 Å². The number of morpholine rings is 1. The van der Waals surface area contributed by atoms with E-state index in [4.69, 9.17) is 9.47 Å². The van der Waals surface area contributed by atoms with Crippen molar-refractivity contribution in [2.45, 2.75) is 25.6 Å². The fourth-order valence-electron chi connectivity index (χ4n) is 3.59. The van der Waals surface area contributed by atoms with Crippen LogP contribution in [0, 0.1) is 5.82 Å². The van der Waals surface area contributed by atoms with Gasteiger partial charge in [0.25, 0.3) is 0 Å². The second-order valence-corrected chi connectivity index (χ2v) is 7.03. The Hall–Kier alpha value is -2.45. The van der Waals surface area contributed by atoms with E-state index in [1.807, 2.05) is 12.4 Å². The molecule has 7 nitrogen and oxygen atoms in total. The van der Waals surface area contributed by atoms with Crippen LogP contribution in [-0.2, 0) is 11.3 Å². The first-order chi connectivity index (χ1) is 13.7. The molecule has 0 radical (unpaired) electrons. The second kappa shape index (κ2) is 8.70. The zero-order valence-corrected chi connectivity index (χ0v) is 15.8. The minimum Gasteiger partial charge on any atom is -0.487 e. The summed E-state index contributed by atoms with van der Waals surface area (Å²) in [7, 11) is 0. The zero-order valence-electron chi connectivity index (χ0n) is 15.8. The molecule has 0 amide bonds. The summed E-state index contributed by atoms with van der Waals surface area (Å²) in [6.07, 6.45) is 5.25. The van der Waals surface area contributed by atoms with Crippen molar-refractivity contribution in [1.82, 2.24) is 9.97 Å². The summed E-state index contributed by atoms with van der Waals surface area (Å²) in [6.45, 7) is 4.31. The van der Waals surface area contributed by atoms with Gasteiger partial charge in [-0.2, -0.15) is 0 Å². The highest BCUT2D eigenvalue weighted by molar-refractivity contribution is 5.45. The maximum absolute atomic E-state index is 14.2. The molecule has 0 saturated carbocycles. The maximum Gasteiger partial charge on any atom is 0.225 e. The number of aromatic nitrogens is 2. The van der Waals surface area contributed by atoms with Gasteiger partial charge in [0.2, 0.25) is 5.95 Å². The summed E-state index contributed by atoms with van der Waals surface area (Å²) in [6, 6.07) is 4.87. The van der Waals surface area contributed by atoms with Crippen molar-refractivity contribution in [3.8, 4) is 5.75 Å². The first-order valence-corrected chi connectivity index (χ1v) is 9.69. The third-order valence-electron chi connectivity index (χ3n) is 5.23. The molecule has 4 rings (SSSR count). The number of benzene rings is 1. The van der Waals surface area contributed by atoms with E-state index >= 15 is 0 Å². The summed E-state index contributed by atoms with van der Waals surface area (Å²) in [5.74, 6) is 0.479. The lowest BCUT2D eigenvalue weighted by atomic mass is 10.1.